The van der Waals surface area contributed by atoms with Crippen LogP contribution in [0.4, 0.5) is 0 Å². The minimum absolute atomic E-state index is 0.455. The van der Waals surface area contributed by atoms with E-state index in [2.05, 4.69) is 13.2 Å². The highest BCUT2D eigenvalue weighted by Crippen LogP contribution is 1.97. The maximum absolute atomic E-state index is 10.1. The number of aliphatic carboxylic acids is 1. The highest BCUT2D eigenvalue weighted by Gasteiger charge is 2.00. The first-order chi connectivity index (χ1) is 7.60. The first-order valence-electron chi connectivity index (χ1n) is 4.64. The van der Waals surface area contributed by atoms with Crippen LogP contribution in [0, 0.1) is 0 Å². The fraction of sp³-hybridized carbons (Fsp3) is 0.0769. The van der Waals surface area contributed by atoms with E-state index in [0.717, 1.165) is 6.08 Å². The summed E-state index contributed by atoms with van der Waals surface area (Å²) >= 11 is 0. The van der Waals surface area contributed by atoms with Crippen molar-refractivity contribution in [2.45, 2.75) is 6.42 Å². The van der Waals surface area contributed by atoms with Crippen LogP contribution >= 0.6 is 0 Å². The topological polar surface area (TPSA) is 54.4 Å². The van der Waals surface area contributed by atoms with Crippen molar-refractivity contribution < 1.29 is 14.7 Å². The van der Waals surface area contributed by atoms with E-state index in [1.54, 1.807) is 0 Å². The van der Waals surface area contributed by atoms with Crippen LogP contribution in [0.1, 0.15) is 12.0 Å². The second-order valence-corrected chi connectivity index (χ2v) is 2.86. The van der Waals surface area contributed by atoms with Crippen molar-refractivity contribution in [1.82, 2.24) is 0 Å². The Kier molecular flexibility index (Phi) is 7.07. The van der Waals surface area contributed by atoms with Gasteiger partial charge in [-0.3, -0.25) is 9.59 Å². The Morgan fingerprint density at radius 3 is 2.00 bits per heavy atom. The standard InChI is InChI=1S/C8H8.C5H6O3/c1-2-8-6-4-3-5-7-8;1-2-4(6)3-5(7)8/h2-7H,1H2;2H,1,3H2,(H,7,8). The Morgan fingerprint density at radius 2 is 1.75 bits per heavy atom. The summed E-state index contributed by atoms with van der Waals surface area (Å²) in [6.07, 6.45) is 2.37. The van der Waals surface area contributed by atoms with Gasteiger partial charge in [0.1, 0.15) is 6.42 Å². The lowest BCUT2D eigenvalue weighted by Gasteiger charge is -1.85. The smallest absolute Gasteiger partial charge is 0.311 e. The third kappa shape index (κ3) is 7.26. The number of carboxylic acids is 1. The molecule has 0 fully saturated rings. The Bertz CT molecular complexity index is 366. The molecule has 16 heavy (non-hydrogen) atoms. The first kappa shape index (κ1) is 13.8. The quantitative estimate of drug-likeness (QED) is 0.624. The molecule has 0 atom stereocenters. The van der Waals surface area contributed by atoms with Gasteiger partial charge in [-0.25, -0.2) is 0 Å². The van der Waals surface area contributed by atoms with Crippen LogP contribution in [0.15, 0.2) is 49.6 Å². The summed E-state index contributed by atoms with van der Waals surface area (Å²) in [6, 6.07) is 10.0. The van der Waals surface area contributed by atoms with Crippen LogP contribution in [0.2, 0.25) is 0 Å². The highest BCUT2D eigenvalue weighted by molar-refractivity contribution is 6.00. The van der Waals surface area contributed by atoms with Gasteiger partial charge in [-0.05, 0) is 11.6 Å². The van der Waals surface area contributed by atoms with Crippen molar-refractivity contribution in [1.29, 1.82) is 0 Å². The molecule has 0 aliphatic heterocycles. The van der Waals surface area contributed by atoms with E-state index in [1.807, 2.05) is 36.4 Å². The van der Waals surface area contributed by atoms with E-state index in [9.17, 15) is 9.59 Å². The van der Waals surface area contributed by atoms with Gasteiger partial charge in [0.2, 0.25) is 0 Å². The molecule has 0 spiro atoms. The number of rotatable bonds is 4. The minimum Gasteiger partial charge on any atom is -0.481 e. The summed E-state index contributed by atoms with van der Waals surface area (Å²) < 4.78 is 0. The number of ketones is 1. The summed E-state index contributed by atoms with van der Waals surface area (Å²) in [5.41, 5.74) is 1.17. The summed E-state index contributed by atoms with van der Waals surface area (Å²) in [5, 5.41) is 7.95. The molecule has 0 amide bonds. The maximum Gasteiger partial charge on any atom is 0.311 e. The molecule has 0 bridgehead atoms. The fourth-order valence-corrected chi connectivity index (χ4v) is 0.810. The van der Waals surface area contributed by atoms with Gasteiger partial charge in [0.05, 0.1) is 0 Å². The minimum atomic E-state index is -1.12. The molecule has 0 heterocycles. The number of carboxylic acid groups (broad SMARTS) is 1. The van der Waals surface area contributed by atoms with Gasteiger partial charge in [-0.2, -0.15) is 0 Å². The summed E-state index contributed by atoms with van der Waals surface area (Å²) in [6.45, 7) is 6.73. The molecule has 0 unspecified atom stereocenters. The fourth-order valence-electron chi connectivity index (χ4n) is 0.810. The van der Waals surface area contributed by atoms with Crippen molar-refractivity contribution in [2.75, 3.05) is 0 Å². The summed E-state index contributed by atoms with van der Waals surface area (Å²) in [7, 11) is 0. The summed E-state index contributed by atoms with van der Waals surface area (Å²) in [4.78, 5) is 19.8. The molecule has 0 saturated carbocycles. The number of carbonyl (C=O) groups is 2. The van der Waals surface area contributed by atoms with Crippen LogP contribution in [0.5, 0.6) is 0 Å². The zero-order valence-electron chi connectivity index (χ0n) is 8.93. The number of hydrogen-bond acceptors (Lipinski definition) is 2. The predicted octanol–water partition coefficient (Wildman–Crippen LogP) is 2.55. The van der Waals surface area contributed by atoms with Gasteiger partial charge in [-0.15, -0.1) is 0 Å². The molecule has 1 aromatic carbocycles. The SMILES string of the molecule is C=CC(=O)CC(=O)O.C=Cc1ccccc1. The normalized spacial score (nSPS) is 8.25. The van der Waals surface area contributed by atoms with Gasteiger partial charge in [0.25, 0.3) is 0 Å². The highest BCUT2D eigenvalue weighted by atomic mass is 16.4. The van der Waals surface area contributed by atoms with E-state index in [4.69, 9.17) is 5.11 Å². The largest absolute Gasteiger partial charge is 0.481 e. The number of carbonyl (C=O) groups excluding carboxylic acids is 1. The third-order valence-corrected chi connectivity index (χ3v) is 1.59. The molecular formula is C13H14O3. The molecule has 0 saturated heterocycles. The third-order valence-electron chi connectivity index (χ3n) is 1.59. The Hall–Kier alpha value is -2.16. The second kappa shape index (κ2) is 8.17. The maximum atomic E-state index is 10.1. The molecule has 1 N–H and O–H groups in total. The molecule has 1 aromatic rings. The van der Waals surface area contributed by atoms with Gasteiger partial charge in [0, 0.05) is 0 Å². The van der Waals surface area contributed by atoms with Crippen molar-refractivity contribution in [3.8, 4) is 0 Å². The van der Waals surface area contributed by atoms with Crippen LogP contribution in [-0.4, -0.2) is 16.9 Å². The van der Waals surface area contributed by atoms with Gasteiger partial charge >= 0.3 is 5.97 Å². The van der Waals surface area contributed by atoms with E-state index in [-0.39, 0.29) is 0 Å². The van der Waals surface area contributed by atoms with E-state index >= 15 is 0 Å². The average molecular weight is 218 g/mol. The van der Waals surface area contributed by atoms with Crippen molar-refractivity contribution in [3.05, 3.63) is 55.1 Å². The molecule has 0 radical (unpaired) electrons. The lowest BCUT2D eigenvalue weighted by molar-refractivity contribution is -0.139. The summed E-state index contributed by atoms with van der Waals surface area (Å²) in [5.74, 6) is -1.58. The van der Waals surface area contributed by atoms with Gasteiger partial charge < -0.3 is 5.11 Å². The molecule has 1 rings (SSSR count). The number of hydrogen-bond donors (Lipinski definition) is 1. The van der Waals surface area contributed by atoms with Crippen molar-refractivity contribution in [3.63, 3.8) is 0 Å². The van der Waals surface area contributed by atoms with E-state index in [0.29, 0.717) is 0 Å². The monoisotopic (exact) mass is 218 g/mol. The Balaban J connectivity index is 0.000000281. The van der Waals surface area contributed by atoms with Gasteiger partial charge in [0.15, 0.2) is 5.78 Å². The van der Waals surface area contributed by atoms with Crippen LogP contribution in [-0.2, 0) is 9.59 Å². The molecule has 0 aliphatic carbocycles. The lowest BCUT2D eigenvalue weighted by atomic mass is 10.2. The Labute approximate surface area is 94.7 Å². The first-order valence-corrected chi connectivity index (χ1v) is 4.64. The molecule has 0 aromatic heterocycles. The average Bonchev–Trinajstić information content (AvgIpc) is 2.30. The van der Waals surface area contributed by atoms with Crippen LogP contribution in [0.3, 0.4) is 0 Å². The molecule has 3 nitrogen and oxygen atoms in total. The lowest BCUT2D eigenvalue weighted by Crippen LogP contribution is -2.02. The Morgan fingerprint density at radius 1 is 1.19 bits per heavy atom. The van der Waals surface area contributed by atoms with Gasteiger partial charge in [-0.1, -0.05) is 49.6 Å². The van der Waals surface area contributed by atoms with Crippen LogP contribution < -0.4 is 0 Å². The molecule has 84 valence electrons. The van der Waals surface area contributed by atoms with E-state index in [1.165, 1.54) is 5.56 Å². The van der Waals surface area contributed by atoms with Crippen molar-refractivity contribution in [2.24, 2.45) is 0 Å². The number of allylic oxidation sites excluding steroid dienone is 1. The predicted molar refractivity (Wildman–Crippen MR) is 64.0 cm³/mol. The number of benzene rings is 1. The van der Waals surface area contributed by atoms with E-state index < -0.39 is 18.2 Å². The molecular weight excluding hydrogens is 204 g/mol. The second-order valence-electron chi connectivity index (χ2n) is 2.86. The van der Waals surface area contributed by atoms with Crippen molar-refractivity contribution >= 4 is 17.8 Å². The zero-order valence-corrected chi connectivity index (χ0v) is 8.93. The van der Waals surface area contributed by atoms with Crippen LogP contribution in [0.25, 0.3) is 6.08 Å². The zero-order chi connectivity index (χ0) is 12.4. The molecule has 0 aliphatic rings. The molecule has 3 heteroatoms.